The maximum absolute atomic E-state index is 11.8. The van der Waals surface area contributed by atoms with Crippen molar-refractivity contribution in [1.29, 1.82) is 0 Å². The number of nitrogens with one attached hydrogen (secondary N) is 2. The van der Waals surface area contributed by atoms with Crippen molar-refractivity contribution in [3.63, 3.8) is 0 Å². The van der Waals surface area contributed by atoms with Crippen molar-refractivity contribution < 1.29 is 9.59 Å². The van der Waals surface area contributed by atoms with E-state index in [-0.39, 0.29) is 18.4 Å². The van der Waals surface area contributed by atoms with E-state index in [4.69, 9.17) is 5.73 Å². The maximum Gasteiger partial charge on any atom is 0.251 e. The van der Waals surface area contributed by atoms with Crippen molar-refractivity contribution in [1.82, 2.24) is 10.6 Å². The van der Waals surface area contributed by atoms with Gasteiger partial charge in [-0.3, -0.25) is 9.59 Å². The number of nitrogen functional groups attached to an aromatic ring is 1. The van der Waals surface area contributed by atoms with Crippen molar-refractivity contribution in [2.24, 2.45) is 0 Å². The van der Waals surface area contributed by atoms with Crippen molar-refractivity contribution in [2.75, 3.05) is 24.6 Å². The Morgan fingerprint density at radius 2 is 1.95 bits per heavy atom. The molecule has 1 heterocycles. The Morgan fingerprint density at radius 3 is 2.62 bits per heavy atom. The Morgan fingerprint density at radius 1 is 1.19 bits per heavy atom. The second-order valence-electron chi connectivity index (χ2n) is 5.10. The van der Waals surface area contributed by atoms with E-state index in [0.717, 1.165) is 6.42 Å². The van der Waals surface area contributed by atoms with E-state index in [9.17, 15) is 9.59 Å². The van der Waals surface area contributed by atoms with Crippen LogP contribution >= 0.6 is 11.8 Å². The predicted octanol–water partition coefficient (Wildman–Crippen LogP) is 1.40. The summed E-state index contributed by atoms with van der Waals surface area (Å²) in [5.41, 5.74) is 6.67. The highest BCUT2D eigenvalue weighted by Crippen LogP contribution is 2.24. The number of nitrogens with two attached hydrogens (primary N) is 1. The summed E-state index contributed by atoms with van der Waals surface area (Å²) in [5, 5.41) is 5.99. The molecule has 6 heteroatoms. The third-order valence-corrected chi connectivity index (χ3v) is 4.78. The summed E-state index contributed by atoms with van der Waals surface area (Å²) in [4.78, 5) is 23.6. The summed E-state index contributed by atoms with van der Waals surface area (Å²) in [6.07, 6.45) is 3.66. The zero-order chi connectivity index (χ0) is 15.1. The van der Waals surface area contributed by atoms with E-state index < -0.39 is 0 Å². The van der Waals surface area contributed by atoms with Gasteiger partial charge in [-0.2, -0.15) is 11.8 Å². The largest absolute Gasteiger partial charge is 0.399 e. The van der Waals surface area contributed by atoms with Crippen LogP contribution in [0.5, 0.6) is 0 Å². The van der Waals surface area contributed by atoms with E-state index >= 15 is 0 Å². The van der Waals surface area contributed by atoms with Crippen molar-refractivity contribution in [3.05, 3.63) is 29.8 Å². The molecule has 1 aliphatic heterocycles. The molecule has 1 aliphatic rings. The molecule has 4 N–H and O–H groups in total. The molecule has 21 heavy (non-hydrogen) atoms. The number of carbonyl (C=O) groups excluding carboxylic acids is 2. The first-order chi connectivity index (χ1) is 10.1. The zero-order valence-electron chi connectivity index (χ0n) is 11.9. The van der Waals surface area contributed by atoms with Crippen molar-refractivity contribution in [2.45, 2.75) is 24.5 Å². The van der Waals surface area contributed by atoms with Gasteiger partial charge in [0.15, 0.2) is 0 Å². The number of rotatable bonds is 5. The van der Waals surface area contributed by atoms with E-state index in [1.165, 1.54) is 18.6 Å². The average Bonchev–Trinajstić information content (AvgIpc) is 2.52. The first-order valence-corrected chi connectivity index (χ1v) is 8.22. The monoisotopic (exact) mass is 307 g/mol. The lowest BCUT2D eigenvalue weighted by atomic mass is 10.2. The number of benzene rings is 1. The van der Waals surface area contributed by atoms with Gasteiger partial charge in [0.1, 0.15) is 0 Å². The van der Waals surface area contributed by atoms with E-state index in [1.807, 2.05) is 11.8 Å². The molecule has 0 aliphatic carbocycles. The maximum atomic E-state index is 11.8. The van der Waals surface area contributed by atoms with Crippen LogP contribution in [0.15, 0.2) is 24.3 Å². The van der Waals surface area contributed by atoms with Crippen molar-refractivity contribution in [3.8, 4) is 0 Å². The van der Waals surface area contributed by atoms with Crippen LogP contribution in [0.4, 0.5) is 5.69 Å². The third-order valence-electron chi connectivity index (χ3n) is 3.38. The normalized spacial score (nSPS) is 18.0. The summed E-state index contributed by atoms with van der Waals surface area (Å²) >= 11 is 1.91. The second-order valence-corrected chi connectivity index (χ2v) is 6.51. The van der Waals surface area contributed by atoms with Crippen LogP contribution in [0, 0.1) is 0 Å². The molecule has 1 saturated heterocycles. The van der Waals surface area contributed by atoms with Gasteiger partial charge in [-0.05, 0) is 42.9 Å². The number of anilines is 1. The first-order valence-electron chi connectivity index (χ1n) is 7.17. The summed E-state index contributed by atoms with van der Waals surface area (Å²) < 4.78 is 0. The van der Waals surface area contributed by atoms with Crippen LogP contribution in [-0.4, -0.2) is 35.9 Å². The zero-order valence-corrected chi connectivity index (χ0v) is 12.7. The molecule has 114 valence electrons. The number of hydrogen-bond donors (Lipinski definition) is 3. The lowest BCUT2D eigenvalue weighted by Gasteiger charge is -2.21. The average molecular weight is 307 g/mol. The molecule has 1 unspecified atom stereocenters. The molecule has 1 atom stereocenters. The molecule has 2 rings (SSSR count). The number of amides is 2. The third kappa shape index (κ3) is 5.30. The molecule has 0 spiro atoms. The Labute approximate surface area is 129 Å². The van der Waals surface area contributed by atoms with Gasteiger partial charge in [-0.15, -0.1) is 0 Å². The van der Waals surface area contributed by atoms with Crippen LogP contribution < -0.4 is 16.4 Å². The lowest BCUT2D eigenvalue weighted by Crippen LogP contribution is -2.39. The molecular formula is C15H21N3O2S. The number of hydrogen-bond acceptors (Lipinski definition) is 4. The first kappa shape index (κ1) is 15.7. The van der Waals surface area contributed by atoms with Gasteiger partial charge in [0.25, 0.3) is 5.91 Å². The standard InChI is InChI=1S/C15H21N3O2S/c16-12-6-4-11(5-7-12)15(20)18-10-14(19)17-9-13-3-1-2-8-21-13/h4-7,13H,1-3,8-10,16H2,(H,17,19)(H,18,20). The predicted molar refractivity (Wildman–Crippen MR) is 86.3 cm³/mol. The molecule has 0 saturated carbocycles. The summed E-state index contributed by atoms with van der Waals surface area (Å²) in [6.45, 7) is 0.682. The quantitative estimate of drug-likeness (QED) is 0.718. The van der Waals surface area contributed by atoms with Crippen LogP contribution in [0.1, 0.15) is 29.6 Å². The van der Waals surface area contributed by atoms with Gasteiger partial charge in [0, 0.05) is 23.0 Å². The van der Waals surface area contributed by atoms with Gasteiger partial charge in [-0.1, -0.05) is 6.42 Å². The highest BCUT2D eigenvalue weighted by atomic mass is 32.2. The fourth-order valence-electron chi connectivity index (χ4n) is 2.16. The number of thioether (sulfide) groups is 1. The SMILES string of the molecule is Nc1ccc(C(=O)NCC(=O)NCC2CCCCS2)cc1. The van der Waals surface area contributed by atoms with Gasteiger partial charge < -0.3 is 16.4 Å². The number of carbonyl (C=O) groups is 2. The van der Waals surface area contributed by atoms with Gasteiger partial charge in [0.2, 0.25) is 5.91 Å². The molecule has 0 aromatic heterocycles. The minimum Gasteiger partial charge on any atom is -0.399 e. The Hall–Kier alpha value is -1.69. The summed E-state index contributed by atoms with van der Waals surface area (Å²) in [6, 6.07) is 6.60. The second kappa shape index (κ2) is 7.93. The molecule has 0 radical (unpaired) electrons. The molecule has 0 bridgehead atoms. The van der Waals surface area contributed by atoms with Gasteiger partial charge in [-0.25, -0.2) is 0 Å². The van der Waals surface area contributed by atoms with Crippen LogP contribution in [0.25, 0.3) is 0 Å². The fraction of sp³-hybridized carbons (Fsp3) is 0.467. The highest BCUT2D eigenvalue weighted by molar-refractivity contribution is 7.99. The van der Waals surface area contributed by atoms with Crippen LogP contribution in [0.2, 0.25) is 0 Å². The van der Waals surface area contributed by atoms with E-state index in [2.05, 4.69) is 10.6 Å². The minimum atomic E-state index is -0.266. The van der Waals surface area contributed by atoms with Crippen LogP contribution in [-0.2, 0) is 4.79 Å². The molecule has 1 aromatic rings. The summed E-state index contributed by atoms with van der Waals surface area (Å²) in [7, 11) is 0. The van der Waals surface area contributed by atoms with Crippen LogP contribution in [0.3, 0.4) is 0 Å². The Kier molecular flexibility index (Phi) is 5.92. The molecular weight excluding hydrogens is 286 g/mol. The van der Waals surface area contributed by atoms with E-state index in [0.29, 0.717) is 23.0 Å². The minimum absolute atomic E-state index is 0.000592. The highest BCUT2D eigenvalue weighted by Gasteiger charge is 2.15. The van der Waals surface area contributed by atoms with Gasteiger partial charge in [0.05, 0.1) is 6.54 Å². The lowest BCUT2D eigenvalue weighted by molar-refractivity contribution is -0.120. The fourth-order valence-corrected chi connectivity index (χ4v) is 3.39. The molecule has 1 aromatic carbocycles. The molecule has 5 nitrogen and oxygen atoms in total. The van der Waals surface area contributed by atoms with E-state index in [1.54, 1.807) is 24.3 Å². The van der Waals surface area contributed by atoms with Gasteiger partial charge >= 0.3 is 0 Å². The molecule has 2 amide bonds. The Bertz CT molecular complexity index is 484. The smallest absolute Gasteiger partial charge is 0.251 e. The summed E-state index contributed by atoms with van der Waals surface area (Å²) in [5.74, 6) is 0.760. The van der Waals surface area contributed by atoms with Crippen molar-refractivity contribution >= 4 is 29.3 Å². The molecule has 1 fully saturated rings. The Balaban J connectivity index is 1.68. The topological polar surface area (TPSA) is 84.2 Å².